The topological polar surface area (TPSA) is 81.0 Å². The molecule has 1 aromatic carbocycles. The molecule has 1 aliphatic carbocycles. The SMILES string of the molecule is O=[N+]([O-])c1c(Cl)ncnc1NC1Cc2ccccc2C1. The van der Waals surface area contributed by atoms with E-state index in [9.17, 15) is 10.1 Å². The maximum Gasteiger partial charge on any atom is 0.348 e. The molecule has 6 nitrogen and oxygen atoms in total. The van der Waals surface area contributed by atoms with Gasteiger partial charge in [-0.1, -0.05) is 35.9 Å². The van der Waals surface area contributed by atoms with Gasteiger partial charge in [-0.3, -0.25) is 10.1 Å². The number of hydrogen-bond acceptors (Lipinski definition) is 5. The van der Waals surface area contributed by atoms with Gasteiger partial charge in [0, 0.05) is 6.04 Å². The monoisotopic (exact) mass is 290 g/mol. The van der Waals surface area contributed by atoms with Crippen LogP contribution in [0.2, 0.25) is 5.15 Å². The third-order valence-corrected chi connectivity index (χ3v) is 3.63. The first kappa shape index (κ1) is 12.8. The van der Waals surface area contributed by atoms with E-state index in [1.807, 2.05) is 12.1 Å². The van der Waals surface area contributed by atoms with Gasteiger partial charge in [0.2, 0.25) is 11.0 Å². The van der Waals surface area contributed by atoms with Gasteiger partial charge in [-0.15, -0.1) is 0 Å². The second-order valence-corrected chi connectivity index (χ2v) is 5.00. The van der Waals surface area contributed by atoms with Crippen molar-refractivity contribution >= 4 is 23.1 Å². The molecule has 0 aliphatic heterocycles. The summed E-state index contributed by atoms with van der Waals surface area (Å²) in [6, 6.07) is 8.20. The van der Waals surface area contributed by atoms with Gasteiger partial charge < -0.3 is 5.32 Å². The molecule has 0 amide bonds. The molecule has 0 saturated carbocycles. The molecule has 1 heterocycles. The summed E-state index contributed by atoms with van der Waals surface area (Å²) in [5.41, 5.74) is 2.24. The van der Waals surface area contributed by atoms with Gasteiger partial charge in [0.05, 0.1) is 4.92 Å². The molecule has 0 fully saturated rings. The fourth-order valence-electron chi connectivity index (χ4n) is 2.48. The van der Waals surface area contributed by atoms with E-state index in [4.69, 9.17) is 11.6 Å². The number of nitrogens with zero attached hydrogens (tertiary/aromatic N) is 3. The van der Waals surface area contributed by atoms with E-state index in [1.165, 1.54) is 17.5 Å². The molecule has 20 heavy (non-hydrogen) atoms. The van der Waals surface area contributed by atoms with Crippen molar-refractivity contribution in [3.05, 3.63) is 57.0 Å². The number of anilines is 1. The lowest BCUT2D eigenvalue weighted by Crippen LogP contribution is -2.21. The lowest BCUT2D eigenvalue weighted by molar-refractivity contribution is -0.384. The quantitative estimate of drug-likeness (QED) is 0.534. The molecule has 0 unspecified atom stereocenters. The summed E-state index contributed by atoms with van der Waals surface area (Å²) in [5, 5.41) is 14.0. The summed E-state index contributed by atoms with van der Waals surface area (Å²) < 4.78 is 0. The lowest BCUT2D eigenvalue weighted by Gasteiger charge is -2.12. The largest absolute Gasteiger partial charge is 0.361 e. The number of rotatable bonds is 3. The van der Waals surface area contributed by atoms with Gasteiger partial charge in [0.25, 0.3) is 0 Å². The average Bonchev–Trinajstić information content (AvgIpc) is 2.80. The number of nitro groups is 1. The predicted molar refractivity (Wildman–Crippen MR) is 75.0 cm³/mol. The number of aromatic nitrogens is 2. The van der Waals surface area contributed by atoms with Crippen LogP contribution in [0.15, 0.2) is 30.6 Å². The first-order valence-electron chi connectivity index (χ1n) is 6.13. The van der Waals surface area contributed by atoms with Crippen molar-refractivity contribution in [1.29, 1.82) is 0 Å². The molecule has 1 N–H and O–H groups in total. The van der Waals surface area contributed by atoms with Crippen LogP contribution in [0, 0.1) is 10.1 Å². The fraction of sp³-hybridized carbons (Fsp3) is 0.231. The third-order valence-electron chi connectivity index (χ3n) is 3.35. The van der Waals surface area contributed by atoms with Crippen LogP contribution in [0.25, 0.3) is 0 Å². The summed E-state index contributed by atoms with van der Waals surface area (Å²) in [7, 11) is 0. The highest BCUT2D eigenvalue weighted by Crippen LogP contribution is 2.31. The van der Waals surface area contributed by atoms with Crippen molar-refractivity contribution in [2.45, 2.75) is 18.9 Å². The summed E-state index contributed by atoms with van der Waals surface area (Å²) in [6.07, 6.45) is 2.85. The van der Waals surface area contributed by atoms with Crippen LogP contribution in [-0.2, 0) is 12.8 Å². The highest BCUT2D eigenvalue weighted by molar-refractivity contribution is 6.31. The van der Waals surface area contributed by atoms with E-state index in [2.05, 4.69) is 27.4 Å². The fourth-order valence-corrected chi connectivity index (χ4v) is 2.68. The first-order valence-corrected chi connectivity index (χ1v) is 6.51. The Labute approximate surface area is 120 Å². The number of nitrogens with one attached hydrogen (secondary N) is 1. The summed E-state index contributed by atoms with van der Waals surface area (Å²) in [5.74, 6) is 0.174. The van der Waals surface area contributed by atoms with E-state index < -0.39 is 4.92 Å². The molecule has 1 aromatic heterocycles. The minimum atomic E-state index is -0.563. The van der Waals surface area contributed by atoms with Crippen LogP contribution in [0.1, 0.15) is 11.1 Å². The van der Waals surface area contributed by atoms with Crippen molar-refractivity contribution in [1.82, 2.24) is 9.97 Å². The molecular formula is C13H11ClN4O2. The number of benzene rings is 1. The zero-order valence-corrected chi connectivity index (χ0v) is 11.2. The Morgan fingerprint density at radius 1 is 1.25 bits per heavy atom. The molecular weight excluding hydrogens is 280 g/mol. The number of halogens is 1. The molecule has 0 saturated heterocycles. The number of fused-ring (bicyclic) bond motifs is 1. The molecule has 0 radical (unpaired) electrons. The number of hydrogen-bond donors (Lipinski definition) is 1. The van der Waals surface area contributed by atoms with E-state index in [1.54, 1.807) is 0 Å². The Hall–Kier alpha value is -2.21. The average molecular weight is 291 g/mol. The van der Waals surface area contributed by atoms with Crippen LogP contribution >= 0.6 is 11.6 Å². The highest BCUT2D eigenvalue weighted by atomic mass is 35.5. The Balaban J connectivity index is 1.84. The predicted octanol–water partition coefficient (Wildman–Crippen LogP) is 2.62. The second kappa shape index (κ2) is 5.05. The van der Waals surface area contributed by atoms with E-state index in [0.717, 1.165) is 12.8 Å². The van der Waals surface area contributed by atoms with Crippen molar-refractivity contribution in [2.75, 3.05) is 5.32 Å². The second-order valence-electron chi connectivity index (χ2n) is 4.64. The first-order chi connectivity index (χ1) is 9.65. The van der Waals surface area contributed by atoms with E-state index in [0.29, 0.717) is 0 Å². The molecule has 3 rings (SSSR count). The zero-order valence-electron chi connectivity index (χ0n) is 10.4. The van der Waals surface area contributed by atoms with Gasteiger partial charge in [0.15, 0.2) is 0 Å². The van der Waals surface area contributed by atoms with Crippen LogP contribution in [-0.4, -0.2) is 20.9 Å². The molecule has 1 aliphatic rings. The van der Waals surface area contributed by atoms with Gasteiger partial charge in [-0.25, -0.2) is 9.97 Å². The molecule has 0 spiro atoms. The molecule has 102 valence electrons. The standard InChI is InChI=1S/C13H11ClN4O2/c14-12-11(18(19)20)13(16-7-15-12)17-10-5-8-3-1-2-4-9(8)6-10/h1-4,7,10H,5-6H2,(H,15,16,17). The summed E-state index contributed by atoms with van der Waals surface area (Å²) in [6.45, 7) is 0. The normalized spacial score (nSPS) is 14.1. The molecule has 7 heteroatoms. The van der Waals surface area contributed by atoms with Crippen LogP contribution in [0.4, 0.5) is 11.5 Å². The van der Waals surface area contributed by atoms with Crippen LogP contribution < -0.4 is 5.32 Å². The zero-order chi connectivity index (χ0) is 14.1. The van der Waals surface area contributed by atoms with Crippen LogP contribution in [0.5, 0.6) is 0 Å². The van der Waals surface area contributed by atoms with E-state index >= 15 is 0 Å². The smallest absolute Gasteiger partial charge is 0.348 e. The minimum Gasteiger partial charge on any atom is -0.361 e. The van der Waals surface area contributed by atoms with Crippen molar-refractivity contribution in [3.63, 3.8) is 0 Å². The Bertz CT molecular complexity index is 652. The molecule has 0 bridgehead atoms. The maximum atomic E-state index is 11.0. The van der Waals surface area contributed by atoms with Crippen molar-refractivity contribution in [3.8, 4) is 0 Å². The van der Waals surface area contributed by atoms with Gasteiger partial charge in [-0.05, 0) is 24.0 Å². The third kappa shape index (κ3) is 2.30. The highest BCUT2D eigenvalue weighted by Gasteiger charge is 2.26. The maximum absolute atomic E-state index is 11.0. The lowest BCUT2D eigenvalue weighted by atomic mass is 10.1. The van der Waals surface area contributed by atoms with Gasteiger partial charge >= 0.3 is 5.69 Å². The molecule has 0 atom stereocenters. The van der Waals surface area contributed by atoms with E-state index in [-0.39, 0.29) is 22.7 Å². The summed E-state index contributed by atoms with van der Waals surface area (Å²) >= 11 is 5.77. The van der Waals surface area contributed by atoms with Crippen LogP contribution in [0.3, 0.4) is 0 Å². The Kier molecular flexibility index (Phi) is 3.23. The Morgan fingerprint density at radius 2 is 1.90 bits per heavy atom. The minimum absolute atomic E-state index is 0.0806. The van der Waals surface area contributed by atoms with Gasteiger partial charge in [-0.2, -0.15) is 0 Å². The molecule has 2 aromatic rings. The Morgan fingerprint density at radius 3 is 2.50 bits per heavy atom. The van der Waals surface area contributed by atoms with Crippen molar-refractivity contribution in [2.24, 2.45) is 0 Å². The van der Waals surface area contributed by atoms with Gasteiger partial charge in [0.1, 0.15) is 6.33 Å². The summed E-state index contributed by atoms with van der Waals surface area (Å²) in [4.78, 5) is 18.1. The van der Waals surface area contributed by atoms with Crippen molar-refractivity contribution < 1.29 is 4.92 Å².